The molecule has 0 aliphatic carbocycles. The second-order valence-corrected chi connectivity index (χ2v) is 5.99. The molecule has 1 amide bonds. The molecule has 0 aromatic rings. The molecular formula is C11H21NO6S. The van der Waals surface area contributed by atoms with Gasteiger partial charge in [-0.3, -0.25) is 0 Å². The van der Waals surface area contributed by atoms with Crippen molar-refractivity contribution >= 4 is 23.8 Å². The van der Waals surface area contributed by atoms with Crippen molar-refractivity contribution in [3.05, 3.63) is 0 Å². The van der Waals surface area contributed by atoms with E-state index in [0.29, 0.717) is 0 Å². The second-order valence-electron chi connectivity index (χ2n) is 4.91. The minimum atomic E-state index is -1.18. The molecule has 2 atom stereocenters. The van der Waals surface area contributed by atoms with E-state index in [2.05, 4.69) is 5.32 Å². The average molecular weight is 295 g/mol. The van der Waals surface area contributed by atoms with Crippen LogP contribution in [0, 0.1) is 0 Å². The van der Waals surface area contributed by atoms with Gasteiger partial charge in [-0.05, 0) is 20.8 Å². The van der Waals surface area contributed by atoms with Gasteiger partial charge in [0, 0.05) is 11.5 Å². The van der Waals surface area contributed by atoms with Gasteiger partial charge in [-0.2, -0.15) is 11.8 Å². The number of ether oxygens (including phenoxy) is 1. The van der Waals surface area contributed by atoms with Gasteiger partial charge in [0.15, 0.2) is 0 Å². The Balaban J connectivity index is 4.20. The quantitative estimate of drug-likeness (QED) is 0.524. The summed E-state index contributed by atoms with van der Waals surface area (Å²) >= 11 is 1.12. The Morgan fingerprint density at radius 3 is 2.32 bits per heavy atom. The number of carbonyl (C=O) groups is 2. The Morgan fingerprint density at radius 1 is 1.32 bits per heavy atom. The highest BCUT2D eigenvalue weighted by molar-refractivity contribution is 7.99. The van der Waals surface area contributed by atoms with E-state index in [9.17, 15) is 9.59 Å². The van der Waals surface area contributed by atoms with E-state index < -0.39 is 29.8 Å². The van der Waals surface area contributed by atoms with Gasteiger partial charge in [-0.25, -0.2) is 9.59 Å². The van der Waals surface area contributed by atoms with Gasteiger partial charge in [0.1, 0.15) is 11.6 Å². The number of carboxylic acid groups (broad SMARTS) is 1. The first-order chi connectivity index (χ1) is 8.65. The Hall–Kier alpha value is -0.990. The molecule has 0 aliphatic rings. The molecule has 4 N–H and O–H groups in total. The van der Waals surface area contributed by atoms with Crippen LogP contribution in [0.25, 0.3) is 0 Å². The fourth-order valence-electron chi connectivity index (χ4n) is 0.999. The summed E-state index contributed by atoms with van der Waals surface area (Å²) in [5.74, 6) is -0.918. The Bertz CT molecular complexity index is 304. The van der Waals surface area contributed by atoms with Crippen molar-refractivity contribution in [1.29, 1.82) is 0 Å². The molecule has 0 fully saturated rings. The van der Waals surface area contributed by atoms with E-state index in [4.69, 9.17) is 20.1 Å². The van der Waals surface area contributed by atoms with E-state index in [1.807, 2.05) is 0 Å². The number of hydrogen-bond donors (Lipinski definition) is 4. The van der Waals surface area contributed by atoms with Gasteiger partial charge in [-0.1, -0.05) is 0 Å². The first-order valence-electron chi connectivity index (χ1n) is 5.74. The summed E-state index contributed by atoms with van der Waals surface area (Å²) in [4.78, 5) is 22.4. The Morgan fingerprint density at radius 2 is 1.89 bits per heavy atom. The number of aliphatic carboxylic acids is 1. The average Bonchev–Trinajstić information content (AvgIpc) is 2.24. The number of hydrogen-bond acceptors (Lipinski definition) is 6. The third-order valence-corrected chi connectivity index (χ3v) is 2.98. The van der Waals surface area contributed by atoms with Gasteiger partial charge >= 0.3 is 12.1 Å². The van der Waals surface area contributed by atoms with Crippen LogP contribution in [0.3, 0.4) is 0 Å². The summed E-state index contributed by atoms with van der Waals surface area (Å²) in [6, 6.07) is -1.11. The van der Waals surface area contributed by atoms with Crippen molar-refractivity contribution in [3.63, 3.8) is 0 Å². The van der Waals surface area contributed by atoms with E-state index in [1.165, 1.54) is 0 Å². The minimum Gasteiger partial charge on any atom is -0.480 e. The summed E-state index contributed by atoms with van der Waals surface area (Å²) in [7, 11) is 0. The van der Waals surface area contributed by atoms with Gasteiger partial charge in [0.05, 0.1) is 12.7 Å². The lowest BCUT2D eigenvalue weighted by molar-refractivity contribution is -0.138. The van der Waals surface area contributed by atoms with Gasteiger partial charge in [0.2, 0.25) is 0 Å². The number of carbonyl (C=O) groups excluding carboxylic acids is 1. The topological polar surface area (TPSA) is 116 Å². The van der Waals surface area contributed by atoms with Crippen LogP contribution >= 0.6 is 11.8 Å². The van der Waals surface area contributed by atoms with E-state index in [-0.39, 0.29) is 18.1 Å². The molecule has 7 nitrogen and oxygen atoms in total. The van der Waals surface area contributed by atoms with Gasteiger partial charge < -0.3 is 25.4 Å². The second kappa shape index (κ2) is 8.23. The van der Waals surface area contributed by atoms with Gasteiger partial charge in [0.25, 0.3) is 0 Å². The summed E-state index contributed by atoms with van der Waals surface area (Å²) in [5.41, 5.74) is -0.701. The molecule has 0 saturated heterocycles. The van der Waals surface area contributed by atoms with Gasteiger partial charge in [-0.15, -0.1) is 0 Å². The summed E-state index contributed by atoms with van der Waals surface area (Å²) < 4.78 is 4.95. The number of amides is 1. The van der Waals surface area contributed by atoms with Crippen LogP contribution < -0.4 is 5.32 Å². The first-order valence-corrected chi connectivity index (χ1v) is 6.90. The highest BCUT2D eigenvalue weighted by Crippen LogP contribution is 2.09. The highest BCUT2D eigenvalue weighted by atomic mass is 32.2. The molecule has 0 aliphatic heterocycles. The van der Waals surface area contributed by atoms with Crippen molar-refractivity contribution in [2.24, 2.45) is 0 Å². The monoisotopic (exact) mass is 295 g/mol. The van der Waals surface area contributed by atoms with Crippen LogP contribution in [0.15, 0.2) is 0 Å². The number of nitrogens with one attached hydrogen (secondary N) is 1. The number of aliphatic hydroxyl groups is 2. The number of carboxylic acids is 1. The molecule has 112 valence electrons. The van der Waals surface area contributed by atoms with E-state index in [1.54, 1.807) is 20.8 Å². The fraction of sp³-hybridized carbons (Fsp3) is 0.818. The zero-order valence-electron chi connectivity index (χ0n) is 11.3. The zero-order chi connectivity index (χ0) is 15.1. The lowest BCUT2D eigenvalue weighted by atomic mass is 10.2. The lowest BCUT2D eigenvalue weighted by Gasteiger charge is -2.22. The maximum absolute atomic E-state index is 11.4. The van der Waals surface area contributed by atoms with Crippen LogP contribution in [0.1, 0.15) is 20.8 Å². The Labute approximate surface area is 116 Å². The van der Waals surface area contributed by atoms with E-state index in [0.717, 1.165) is 11.8 Å². The Kier molecular flexibility index (Phi) is 7.81. The predicted molar refractivity (Wildman–Crippen MR) is 71.2 cm³/mol. The molecular weight excluding hydrogens is 274 g/mol. The molecule has 0 spiro atoms. The van der Waals surface area contributed by atoms with Crippen molar-refractivity contribution < 1.29 is 29.6 Å². The normalized spacial score (nSPS) is 14.6. The third kappa shape index (κ3) is 9.57. The molecule has 0 aromatic carbocycles. The standard InChI is InChI=1S/C11H21NO6S/c1-11(2,3)18-10(17)12-8(9(15)16)6-19-5-7(14)4-13/h7-8,13-14H,4-6H2,1-3H3,(H,12,17)(H,15,16). The number of alkyl carbamates (subject to hydrolysis) is 1. The van der Waals surface area contributed by atoms with Crippen LogP contribution in [0.4, 0.5) is 4.79 Å². The maximum atomic E-state index is 11.4. The molecule has 0 aromatic heterocycles. The molecule has 0 saturated carbocycles. The largest absolute Gasteiger partial charge is 0.480 e. The number of thioether (sulfide) groups is 1. The lowest BCUT2D eigenvalue weighted by Crippen LogP contribution is -2.45. The molecule has 19 heavy (non-hydrogen) atoms. The smallest absolute Gasteiger partial charge is 0.408 e. The SMILES string of the molecule is CC(C)(C)OC(=O)NC(CSCC(O)CO)C(=O)O. The fourth-order valence-corrected chi connectivity index (χ4v) is 1.97. The van der Waals surface area contributed by atoms with Crippen LogP contribution in [-0.4, -0.2) is 63.2 Å². The summed E-state index contributed by atoms with van der Waals surface area (Å²) in [6.07, 6.45) is -1.70. The molecule has 0 bridgehead atoms. The van der Waals surface area contributed by atoms with Crippen molar-refractivity contribution in [2.75, 3.05) is 18.1 Å². The third-order valence-electron chi connectivity index (χ3n) is 1.79. The van der Waals surface area contributed by atoms with Crippen LogP contribution in [-0.2, 0) is 9.53 Å². The first kappa shape index (κ1) is 18.0. The summed E-state index contributed by atoms with van der Waals surface area (Å²) in [5, 5.41) is 28.9. The van der Waals surface area contributed by atoms with Crippen molar-refractivity contribution in [3.8, 4) is 0 Å². The maximum Gasteiger partial charge on any atom is 0.408 e. The molecule has 0 heterocycles. The molecule has 8 heteroatoms. The zero-order valence-corrected chi connectivity index (χ0v) is 12.1. The number of rotatable bonds is 7. The molecule has 0 rings (SSSR count). The van der Waals surface area contributed by atoms with E-state index >= 15 is 0 Å². The van der Waals surface area contributed by atoms with Crippen LogP contribution in [0.5, 0.6) is 0 Å². The van der Waals surface area contributed by atoms with Crippen molar-refractivity contribution in [2.45, 2.75) is 38.5 Å². The molecule has 2 unspecified atom stereocenters. The number of aliphatic hydroxyl groups excluding tert-OH is 2. The predicted octanol–water partition coefficient (Wildman–Crippen LogP) is 0.0507. The summed E-state index contributed by atoms with van der Waals surface area (Å²) in [6.45, 7) is 4.64. The minimum absolute atomic E-state index is 0.0750. The molecule has 0 radical (unpaired) electrons. The van der Waals surface area contributed by atoms with Crippen LogP contribution in [0.2, 0.25) is 0 Å². The highest BCUT2D eigenvalue weighted by Gasteiger charge is 2.24. The van der Waals surface area contributed by atoms with Crippen molar-refractivity contribution in [1.82, 2.24) is 5.32 Å².